The molecule has 0 aliphatic heterocycles. The molecule has 9 rings (SSSR count). The number of fused-ring (bicyclic) bond motifs is 2. The van der Waals surface area contributed by atoms with Gasteiger partial charge in [0.05, 0.1) is 0 Å². The highest BCUT2D eigenvalue weighted by Gasteiger charge is 2.21. The third-order valence-electron chi connectivity index (χ3n) is 10.1. The van der Waals surface area contributed by atoms with Crippen molar-refractivity contribution in [1.29, 1.82) is 0 Å². The fourth-order valence-corrected chi connectivity index (χ4v) is 7.75. The standard InChI is InChI=1S/C50H38N2/c1-6-18-37(19-7-1)49-45-28-16-17-29-46(45)50(38-20-8-2-9-21-38)48-36-44(34-35-47(48)49)52(41-26-14-5-15-27-41)43-32-30-42(31-33-43)51(39-22-10-3-11-23-39)40-24-12-4-13-25-40/h1-14,16-26,28-36H,15,27H2. The van der Waals surface area contributed by atoms with Gasteiger partial charge < -0.3 is 9.80 Å². The van der Waals surface area contributed by atoms with Gasteiger partial charge in [0.15, 0.2) is 0 Å². The molecule has 8 aromatic rings. The number of hydrogen-bond donors (Lipinski definition) is 0. The average molecular weight is 667 g/mol. The molecule has 8 aromatic carbocycles. The van der Waals surface area contributed by atoms with Crippen LogP contribution in [0, 0.1) is 0 Å². The summed E-state index contributed by atoms with van der Waals surface area (Å²) in [6.07, 6.45) is 8.71. The fourth-order valence-electron chi connectivity index (χ4n) is 7.75. The molecule has 0 saturated heterocycles. The molecule has 0 heterocycles. The lowest BCUT2D eigenvalue weighted by Gasteiger charge is -2.31. The zero-order valence-electron chi connectivity index (χ0n) is 28.9. The lowest BCUT2D eigenvalue weighted by Crippen LogP contribution is -2.17. The predicted octanol–water partition coefficient (Wildman–Crippen LogP) is 14.2. The van der Waals surface area contributed by atoms with E-state index in [2.05, 4.69) is 216 Å². The smallest absolute Gasteiger partial charge is 0.0465 e. The van der Waals surface area contributed by atoms with Gasteiger partial charge >= 0.3 is 0 Å². The number of anilines is 5. The van der Waals surface area contributed by atoms with E-state index in [1.807, 2.05) is 0 Å². The van der Waals surface area contributed by atoms with Crippen LogP contribution in [0.4, 0.5) is 28.4 Å². The van der Waals surface area contributed by atoms with E-state index < -0.39 is 0 Å². The maximum atomic E-state index is 2.45. The van der Waals surface area contributed by atoms with E-state index in [0.717, 1.165) is 41.3 Å². The molecule has 0 N–H and O–H groups in total. The van der Waals surface area contributed by atoms with Gasteiger partial charge in [0.25, 0.3) is 0 Å². The molecule has 0 amide bonds. The maximum Gasteiger partial charge on any atom is 0.0465 e. The molecule has 0 fully saturated rings. The fraction of sp³-hybridized carbons (Fsp3) is 0.0400. The quantitative estimate of drug-likeness (QED) is 0.149. The molecule has 2 nitrogen and oxygen atoms in total. The van der Waals surface area contributed by atoms with Crippen molar-refractivity contribution in [2.24, 2.45) is 0 Å². The SMILES string of the molecule is C1=CCCC(N(c2ccc(N(c3ccccc3)c3ccccc3)cc2)c2ccc3c(-c4ccccc4)c4ccccc4c(-c4ccccc4)c3c2)=C1. The van der Waals surface area contributed by atoms with Crippen molar-refractivity contribution < 1.29 is 0 Å². The topological polar surface area (TPSA) is 6.48 Å². The molecule has 0 atom stereocenters. The molecule has 0 bridgehead atoms. The van der Waals surface area contributed by atoms with E-state index in [0.29, 0.717) is 0 Å². The van der Waals surface area contributed by atoms with Gasteiger partial charge in [-0.2, -0.15) is 0 Å². The second-order valence-corrected chi connectivity index (χ2v) is 13.2. The first-order chi connectivity index (χ1) is 25.8. The second-order valence-electron chi connectivity index (χ2n) is 13.2. The Kier molecular flexibility index (Phi) is 8.40. The summed E-state index contributed by atoms with van der Waals surface area (Å²) in [4.78, 5) is 4.77. The summed E-state index contributed by atoms with van der Waals surface area (Å²) in [5, 5.41) is 5.02. The third-order valence-corrected chi connectivity index (χ3v) is 10.1. The van der Waals surface area contributed by atoms with Crippen molar-refractivity contribution in [2.75, 3.05) is 9.80 Å². The first-order valence-electron chi connectivity index (χ1n) is 18.1. The minimum atomic E-state index is 0.967. The summed E-state index contributed by atoms with van der Waals surface area (Å²) >= 11 is 0. The molecule has 52 heavy (non-hydrogen) atoms. The van der Waals surface area contributed by atoms with Crippen molar-refractivity contribution in [2.45, 2.75) is 12.8 Å². The van der Waals surface area contributed by atoms with Crippen LogP contribution in [-0.4, -0.2) is 0 Å². The molecular formula is C50H38N2. The van der Waals surface area contributed by atoms with Crippen molar-refractivity contribution >= 4 is 50.0 Å². The molecule has 1 aliphatic carbocycles. The summed E-state index contributed by atoms with van der Waals surface area (Å²) < 4.78 is 0. The van der Waals surface area contributed by atoms with Gasteiger partial charge in [-0.25, -0.2) is 0 Å². The van der Waals surface area contributed by atoms with Gasteiger partial charge in [0.2, 0.25) is 0 Å². The van der Waals surface area contributed by atoms with Gasteiger partial charge in [0.1, 0.15) is 0 Å². The molecule has 1 aliphatic rings. The zero-order chi connectivity index (χ0) is 34.7. The molecule has 0 spiro atoms. The highest BCUT2D eigenvalue weighted by atomic mass is 15.2. The Hall–Kier alpha value is -6.64. The van der Waals surface area contributed by atoms with Crippen LogP contribution in [0.25, 0.3) is 43.8 Å². The Morgan fingerprint density at radius 2 is 0.769 bits per heavy atom. The maximum absolute atomic E-state index is 2.45. The zero-order valence-corrected chi connectivity index (χ0v) is 28.9. The van der Waals surface area contributed by atoms with E-state index in [4.69, 9.17) is 0 Å². The highest BCUT2D eigenvalue weighted by molar-refractivity contribution is 6.22. The van der Waals surface area contributed by atoms with Crippen LogP contribution >= 0.6 is 0 Å². The molecule has 248 valence electrons. The van der Waals surface area contributed by atoms with Crippen LogP contribution in [0.15, 0.2) is 212 Å². The Labute approximate surface area is 305 Å². The van der Waals surface area contributed by atoms with Crippen molar-refractivity contribution in [3.8, 4) is 22.3 Å². The van der Waals surface area contributed by atoms with Gasteiger partial charge in [-0.15, -0.1) is 0 Å². The Morgan fingerprint density at radius 3 is 1.29 bits per heavy atom. The summed E-state index contributed by atoms with van der Waals surface area (Å²) in [5.74, 6) is 0. The van der Waals surface area contributed by atoms with E-state index in [-0.39, 0.29) is 0 Å². The summed E-state index contributed by atoms with van der Waals surface area (Å²) in [6.45, 7) is 0. The van der Waals surface area contributed by atoms with Gasteiger partial charge in [-0.3, -0.25) is 0 Å². The van der Waals surface area contributed by atoms with E-state index in [1.165, 1.54) is 49.5 Å². The van der Waals surface area contributed by atoms with Crippen LogP contribution in [0.2, 0.25) is 0 Å². The van der Waals surface area contributed by atoms with Crippen LogP contribution in [0.3, 0.4) is 0 Å². The van der Waals surface area contributed by atoms with Crippen molar-refractivity contribution in [3.05, 3.63) is 212 Å². The second kappa shape index (κ2) is 13.9. The molecule has 0 aromatic heterocycles. The average Bonchev–Trinajstić information content (AvgIpc) is 3.22. The predicted molar refractivity (Wildman–Crippen MR) is 222 cm³/mol. The van der Waals surface area contributed by atoms with Crippen LogP contribution in [-0.2, 0) is 0 Å². The van der Waals surface area contributed by atoms with Crippen molar-refractivity contribution in [1.82, 2.24) is 0 Å². The molecule has 0 radical (unpaired) electrons. The first kappa shape index (κ1) is 31.3. The number of hydrogen-bond acceptors (Lipinski definition) is 2. The number of benzene rings is 8. The van der Waals surface area contributed by atoms with Crippen LogP contribution in [0.5, 0.6) is 0 Å². The lowest BCUT2D eigenvalue weighted by atomic mass is 9.85. The summed E-state index contributed by atoms with van der Waals surface area (Å²) in [5.41, 5.74) is 11.9. The minimum Gasteiger partial charge on any atom is -0.314 e. The molecule has 0 unspecified atom stereocenters. The molecule has 0 saturated carbocycles. The van der Waals surface area contributed by atoms with E-state index in [1.54, 1.807) is 0 Å². The number of para-hydroxylation sites is 2. The number of allylic oxidation sites excluding steroid dienone is 4. The highest BCUT2D eigenvalue weighted by Crippen LogP contribution is 2.46. The third kappa shape index (κ3) is 5.85. The molecule has 2 heteroatoms. The normalized spacial score (nSPS) is 12.5. The van der Waals surface area contributed by atoms with Gasteiger partial charge in [0, 0.05) is 34.1 Å². The number of rotatable bonds is 8. The first-order valence-corrected chi connectivity index (χ1v) is 18.1. The largest absolute Gasteiger partial charge is 0.314 e. The summed E-state index contributed by atoms with van der Waals surface area (Å²) in [6, 6.07) is 67.9. The monoisotopic (exact) mass is 666 g/mol. The van der Waals surface area contributed by atoms with Crippen molar-refractivity contribution in [3.63, 3.8) is 0 Å². The Bertz CT molecular complexity index is 2500. The van der Waals surface area contributed by atoms with Crippen LogP contribution < -0.4 is 9.80 Å². The Morgan fingerprint density at radius 1 is 0.346 bits per heavy atom. The van der Waals surface area contributed by atoms with E-state index >= 15 is 0 Å². The molecular weight excluding hydrogens is 629 g/mol. The number of nitrogens with zero attached hydrogens (tertiary/aromatic N) is 2. The van der Waals surface area contributed by atoms with Gasteiger partial charge in [-0.05, 0) is 123 Å². The van der Waals surface area contributed by atoms with Gasteiger partial charge in [-0.1, -0.05) is 140 Å². The van der Waals surface area contributed by atoms with Crippen LogP contribution in [0.1, 0.15) is 12.8 Å². The van der Waals surface area contributed by atoms with E-state index in [9.17, 15) is 0 Å². The Balaban J connectivity index is 1.25. The minimum absolute atomic E-state index is 0.967. The summed E-state index contributed by atoms with van der Waals surface area (Å²) in [7, 11) is 0. The lowest BCUT2D eigenvalue weighted by molar-refractivity contribution is 0.918.